The number of nitrogens with zero attached hydrogens (tertiary/aromatic N) is 3. The summed E-state index contributed by atoms with van der Waals surface area (Å²) >= 11 is 1.66. The Morgan fingerprint density at radius 2 is 2.12 bits per heavy atom. The Kier molecular flexibility index (Phi) is 6.77. The van der Waals surface area contributed by atoms with Crippen molar-refractivity contribution < 1.29 is 13.2 Å². The van der Waals surface area contributed by atoms with Gasteiger partial charge in [-0.05, 0) is 50.3 Å². The van der Waals surface area contributed by atoms with E-state index < -0.39 is 6.43 Å². The molecule has 1 N–H and O–H groups in total. The van der Waals surface area contributed by atoms with Gasteiger partial charge in [0, 0.05) is 53.2 Å². The molecule has 0 amide bonds. The second kappa shape index (κ2) is 9.76. The number of aromatic nitrogens is 2. The van der Waals surface area contributed by atoms with Crippen LogP contribution in [0, 0.1) is 5.92 Å². The van der Waals surface area contributed by atoms with Gasteiger partial charge in [-0.3, -0.25) is 9.29 Å². The van der Waals surface area contributed by atoms with Crippen molar-refractivity contribution in [3.63, 3.8) is 0 Å². The Morgan fingerprint density at radius 3 is 2.94 bits per heavy atom. The van der Waals surface area contributed by atoms with Crippen molar-refractivity contribution >= 4 is 22.2 Å². The number of hydrogen-bond acceptors (Lipinski definition) is 4. The summed E-state index contributed by atoms with van der Waals surface area (Å²) in [5.41, 5.74) is 3.33. The van der Waals surface area contributed by atoms with Crippen molar-refractivity contribution in [1.29, 1.82) is 0 Å². The largest absolute Gasteiger partial charge is 0.357 e. The average molecular weight is 477 g/mol. The van der Waals surface area contributed by atoms with Crippen LogP contribution in [0.1, 0.15) is 46.9 Å². The van der Waals surface area contributed by atoms with Crippen LogP contribution < -0.4 is 0 Å². The predicted molar refractivity (Wildman–Crippen MR) is 127 cm³/mol. The van der Waals surface area contributed by atoms with Gasteiger partial charge in [0.15, 0.2) is 0 Å². The van der Waals surface area contributed by atoms with Gasteiger partial charge in [0.05, 0.1) is 24.3 Å². The first-order valence-electron chi connectivity index (χ1n) is 11.9. The molecule has 2 aromatic heterocycles. The number of nitrogens with one attached hydrogen (secondary N) is 1. The molecule has 1 aromatic carbocycles. The van der Waals surface area contributed by atoms with Gasteiger partial charge in [-0.2, -0.15) is 0 Å². The van der Waals surface area contributed by atoms with E-state index in [0.717, 1.165) is 60.0 Å². The van der Waals surface area contributed by atoms with Gasteiger partial charge in [-0.1, -0.05) is 18.2 Å². The highest BCUT2D eigenvalue weighted by atomic mass is 32.1. The van der Waals surface area contributed by atoms with Gasteiger partial charge in [0.2, 0.25) is 0 Å². The maximum Gasteiger partial charge on any atom is 0.251 e. The summed E-state index contributed by atoms with van der Waals surface area (Å²) in [6.45, 7) is 4.36. The number of rotatable bonds is 8. The second-order valence-corrected chi connectivity index (χ2v) is 10.6. The number of likely N-dealkylation sites (tertiary alicyclic amines) is 1. The van der Waals surface area contributed by atoms with Crippen LogP contribution >= 0.6 is 11.3 Å². The van der Waals surface area contributed by atoms with E-state index >= 15 is 0 Å². The summed E-state index contributed by atoms with van der Waals surface area (Å²) in [7, 11) is 0. The lowest BCUT2D eigenvalue weighted by Gasteiger charge is -2.39. The van der Waals surface area contributed by atoms with E-state index in [-0.39, 0.29) is 25.3 Å². The second-order valence-electron chi connectivity index (χ2n) is 9.46. The highest BCUT2D eigenvalue weighted by Crippen LogP contribution is 2.42. The quantitative estimate of drug-likeness (QED) is 0.470. The van der Waals surface area contributed by atoms with Crippen LogP contribution in [-0.2, 0) is 12.8 Å². The van der Waals surface area contributed by atoms with E-state index in [9.17, 15) is 13.2 Å². The normalized spacial score (nSPS) is 24.2. The number of halogens is 3. The average Bonchev–Trinajstić information content (AvgIpc) is 3.52. The Balaban J connectivity index is 1.41. The lowest BCUT2D eigenvalue weighted by molar-refractivity contribution is 0.0464. The third-order valence-electron chi connectivity index (χ3n) is 7.15. The fourth-order valence-electron chi connectivity index (χ4n) is 5.62. The summed E-state index contributed by atoms with van der Waals surface area (Å²) in [6, 6.07) is 7.98. The predicted octanol–water partition coefficient (Wildman–Crippen LogP) is 5.45. The lowest BCUT2D eigenvalue weighted by atomic mass is 9.92. The first kappa shape index (κ1) is 22.9. The number of benzene rings is 1. The molecule has 178 valence electrons. The van der Waals surface area contributed by atoms with Crippen molar-refractivity contribution in [2.45, 2.75) is 51.1 Å². The molecule has 2 aliphatic rings. The molecule has 8 heteroatoms. The summed E-state index contributed by atoms with van der Waals surface area (Å²) in [6.07, 6.45) is 2.86. The Bertz CT molecular complexity index is 1080. The number of alkyl halides is 3. The zero-order chi connectivity index (χ0) is 22.9. The fourth-order valence-corrected chi connectivity index (χ4v) is 6.78. The van der Waals surface area contributed by atoms with Crippen molar-refractivity contribution in [3.8, 4) is 0 Å². The maximum atomic E-state index is 13.6. The Labute approximate surface area is 196 Å². The minimum atomic E-state index is -2.39. The van der Waals surface area contributed by atoms with Crippen LogP contribution in [-0.4, -0.2) is 65.1 Å². The highest BCUT2D eigenvalue weighted by Gasteiger charge is 2.38. The third-order valence-corrected chi connectivity index (χ3v) is 8.22. The molecule has 4 nitrogen and oxygen atoms in total. The number of fused-ring (bicyclic) bond motifs is 3. The first-order chi connectivity index (χ1) is 16.0. The standard InChI is InChI=1S/C25H31F3N4S/c1-16-11-19-18-5-2-3-6-20(18)30-24(19)25(32(16)15-22(27)28)21-13-29-23(33-21)12-17-7-10-31(14-17)9-4-8-26/h2-3,5-6,13,16-17,22,25,30H,4,7-12,14-15H2,1H3/t16-,17+,25-/m1/s1. The molecule has 0 spiro atoms. The van der Waals surface area contributed by atoms with E-state index in [1.54, 1.807) is 11.3 Å². The van der Waals surface area contributed by atoms with Crippen molar-refractivity contribution in [2.24, 2.45) is 5.92 Å². The van der Waals surface area contributed by atoms with Gasteiger partial charge < -0.3 is 9.88 Å². The van der Waals surface area contributed by atoms with E-state index in [1.807, 2.05) is 30.2 Å². The molecule has 0 saturated carbocycles. The third kappa shape index (κ3) is 4.70. The van der Waals surface area contributed by atoms with Gasteiger partial charge in [-0.15, -0.1) is 11.3 Å². The van der Waals surface area contributed by atoms with Crippen molar-refractivity contribution in [2.75, 3.05) is 32.9 Å². The maximum absolute atomic E-state index is 13.6. The molecular formula is C25H31F3N4S. The van der Waals surface area contributed by atoms with E-state index in [4.69, 9.17) is 4.98 Å². The van der Waals surface area contributed by atoms with Crippen molar-refractivity contribution in [1.82, 2.24) is 19.8 Å². The van der Waals surface area contributed by atoms with Gasteiger partial charge in [-0.25, -0.2) is 13.8 Å². The SMILES string of the molecule is C[C@@H]1Cc2c([nH]c3ccccc23)[C@@H](c2cnc(C[C@@H]3CCN(CCCF)C3)s2)N1CC(F)F. The summed E-state index contributed by atoms with van der Waals surface area (Å²) in [4.78, 5) is 13.6. The molecule has 0 radical (unpaired) electrons. The van der Waals surface area contributed by atoms with Gasteiger partial charge in [0.25, 0.3) is 6.43 Å². The molecule has 1 saturated heterocycles. The van der Waals surface area contributed by atoms with E-state index in [0.29, 0.717) is 12.3 Å². The molecule has 0 bridgehead atoms. The molecule has 33 heavy (non-hydrogen) atoms. The zero-order valence-electron chi connectivity index (χ0n) is 18.9. The van der Waals surface area contributed by atoms with Crippen LogP contribution in [0.25, 0.3) is 10.9 Å². The Hall–Kier alpha value is -1.90. The first-order valence-corrected chi connectivity index (χ1v) is 12.7. The number of H-pyrrole nitrogens is 1. The van der Waals surface area contributed by atoms with Crippen LogP contribution in [0.5, 0.6) is 0 Å². The smallest absolute Gasteiger partial charge is 0.251 e. The minimum Gasteiger partial charge on any atom is -0.357 e. The van der Waals surface area contributed by atoms with Gasteiger partial charge >= 0.3 is 0 Å². The molecule has 1 fully saturated rings. The zero-order valence-corrected chi connectivity index (χ0v) is 19.8. The number of aromatic amines is 1. The number of thiazole rings is 1. The van der Waals surface area contributed by atoms with E-state index in [1.165, 1.54) is 10.9 Å². The highest BCUT2D eigenvalue weighted by molar-refractivity contribution is 7.11. The molecular weight excluding hydrogens is 445 g/mol. The number of hydrogen-bond donors (Lipinski definition) is 1. The van der Waals surface area contributed by atoms with Gasteiger partial charge in [0.1, 0.15) is 0 Å². The molecule has 0 unspecified atom stereocenters. The lowest BCUT2D eigenvalue weighted by Crippen LogP contribution is -2.44. The van der Waals surface area contributed by atoms with Crippen LogP contribution in [0.2, 0.25) is 0 Å². The van der Waals surface area contributed by atoms with Crippen LogP contribution in [0.3, 0.4) is 0 Å². The molecule has 3 atom stereocenters. The van der Waals surface area contributed by atoms with Crippen LogP contribution in [0.4, 0.5) is 13.2 Å². The summed E-state index contributed by atoms with van der Waals surface area (Å²) in [5.74, 6) is 0.523. The Morgan fingerprint density at radius 1 is 1.27 bits per heavy atom. The van der Waals surface area contributed by atoms with Crippen molar-refractivity contribution in [3.05, 3.63) is 51.6 Å². The molecule has 4 heterocycles. The van der Waals surface area contributed by atoms with E-state index in [2.05, 4.69) is 22.0 Å². The molecule has 2 aliphatic heterocycles. The minimum absolute atomic E-state index is 0.0140. The molecule has 5 rings (SSSR count). The topological polar surface area (TPSA) is 35.2 Å². The van der Waals surface area contributed by atoms with Crippen LogP contribution in [0.15, 0.2) is 30.5 Å². The molecule has 3 aromatic rings. The number of para-hydroxylation sites is 1. The monoisotopic (exact) mass is 476 g/mol. The summed E-state index contributed by atoms with van der Waals surface area (Å²) < 4.78 is 39.6. The summed E-state index contributed by atoms with van der Waals surface area (Å²) in [5, 5.41) is 2.25. The molecule has 0 aliphatic carbocycles. The fraction of sp³-hybridized carbons (Fsp3) is 0.560.